The molecule has 2 aliphatic rings. The Morgan fingerprint density at radius 1 is 0.383 bits per heavy atom. The van der Waals surface area contributed by atoms with Crippen LogP contribution >= 0.6 is 0 Å². The number of benzene rings is 9. The predicted octanol–water partition coefficient (Wildman–Crippen LogP) is 15.7. The molecule has 2 heteroatoms. The van der Waals surface area contributed by atoms with Gasteiger partial charge in [0.25, 0.3) is 0 Å². The number of aromatic nitrogens is 1. The van der Waals surface area contributed by atoms with Gasteiger partial charge in [-0.05, 0) is 115 Å². The Balaban J connectivity index is 1.05. The van der Waals surface area contributed by atoms with Crippen LogP contribution in [0.25, 0.3) is 71.6 Å². The maximum absolute atomic E-state index is 2.51. The van der Waals surface area contributed by atoms with Crippen molar-refractivity contribution in [2.75, 3.05) is 4.90 Å². The molecule has 286 valence electrons. The third-order valence-corrected chi connectivity index (χ3v) is 13.8. The number of hydrogen-bond donors (Lipinski definition) is 0. The lowest BCUT2D eigenvalue weighted by atomic mass is 9.82. The molecular weight excluding hydrogens is 725 g/mol. The van der Waals surface area contributed by atoms with Crippen LogP contribution in [0.5, 0.6) is 0 Å². The van der Waals surface area contributed by atoms with Crippen LogP contribution in [-0.2, 0) is 10.8 Å². The van der Waals surface area contributed by atoms with Crippen molar-refractivity contribution in [3.8, 4) is 39.1 Å². The minimum atomic E-state index is -0.118. The Morgan fingerprint density at radius 2 is 0.933 bits per heavy atom. The molecule has 0 amide bonds. The van der Waals surface area contributed by atoms with Gasteiger partial charge in [0.2, 0.25) is 0 Å². The molecule has 0 unspecified atom stereocenters. The first kappa shape index (κ1) is 34.8. The zero-order chi connectivity index (χ0) is 40.3. The van der Waals surface area contributed by atoms with Gasteiger partial charge in [-0.25, -0.2) is 0 Å². The quantitative estimate of drug-likeness (QED) is 0.169. The molecule has 0 fully saturated rings. The van der Waals surface area contributed by atoms with Crippen LogP contribution in [0.3, 0.4) is 0 Å². The summed E-state index contributed by atoms with van der Waals surface area (Å²) in [5.41, 5.74) is 20.1. The standard InChI is InChI=1S/C58H44N2/c1-57(2)50-23-12-8-21-47(50)56-51(57)24-15-27-55(56)59(40-32-33-44-43-18-7-11-22-49(43)58(3,4)52(44)36-40)39-30-28-37(29-31-39)48-35-41(34-38-16-5-6-17-42(38)48)60-53-25-13-9-19-45(53)46-20-10-14-26-54(46)60/h5-36H,1-4H3. The van der Waals surface area contributed by atoms with Gasteiger partial charge in [-0.1, -0.05) is 167 Å². The lowest BCUT2D eigenvalue weighted by molar-refractivity contribution is 0.660. The number of hydrogen-bond acceptors (Lipinski definition) is 1. The van der Waals surface area contributed by atoms with E-state index in [0.717, 1.165) is 17.1 Å². The Morgan fingerprint density at radius 3 is 1.67 bits per heavy atom. The van der Waals surface area contributed by atoms with Gasteiger partial charge >= 0.3 is 0 Å². The third kappa shape index (κ3) is 4.88. The van der Waals surface area contributed by atoms with Crippen LogP contribution in [0.15, 0.2) is 194 Å². The average Bonchev–Trinajstić information content (AvgIpc) is 3.84. The largest absolute Gasteiger partial charge is 0.310 e. The number of fused-ring (bicyclic) bond motifs is 10. The zero-order valence-corrected chi connectivity index (χ0v) is 34.4. The smallest absolute Gasteiger partial charge is 0.0543 e. The van der Waals surface area contributed by atoms with Gasteiger partial charge < -0.3 is 9.47 Å². The topological polar surface area (TPSA) is 8.17 Å². The summed E-state index contributed by atoms with van der Waals surface area (Å²) in [5.74, 6) is 0. The highest BCUT2D eigenvalue weighted by Gasteiger charge is 2.39. The Labute approximate surface area is 351 Å². The second-order valence-electron chi connectivity index (χ2n) is 17.7. The van der Waals surface area contributed by atoms with E-state index in [4.69, 9.17) is 0 Å². The molecule has 12 rings (SSSR count). The summed E-state index contributed by atoms with van der Waals surface area (Å²) in [6.45, 7) is 9.48. The van der Waals surface area contributed by atoms with Gasteiger partial charge in [0.1, 0.15) is 0 Å². The highest BCUT2D eigenvalue weighted by atomic mass is 15.1. The molecule has 2 aliphatic carbocycles. The maximum atomic E-state index is 2.51. The number of rotatable bonds is 5. The summed E-state index contributed by atoms with van der Waals surface area (Å²) >= 11 is 0. The summed E-state index contributed by atoms with van der Waals surface area (Å²) in [5, 5.41) is 5.00. The minimum absolute atomic E-state index is 0.110. The van der Waals surface area contributed by atoms with Crippen LogP contribution in [0.1, 0.15) is 49.9 Å². The van der Waals surface area contributed by atoms with Crippen LogP contribution < -0.4 is 4.90 Å². The summed E-state index contributed by atoms with van der Waals surface area (Å²) < 4.78 is 2.43. The first-order valence-corrected chi connectivity index (χ1v) is 21.2. The van der Waals surface area contributed by atoms with Crippen molar-refractivity contribution < 1.29 is 0 Å². The molecule has 0 bridgehead atoms. The van der Waals surface area contributed by atoms with Crippen LogP contribution in [0, 0.1) is 0 Å². The SMILES string of the molecule is CC1(C)c2ccccc2-c2ccc(N(c3ccc(-c4cc(-n5c6ccccc6c6ccccc65)cc5ccccc45)cc3)c3cccc4c3-c3ccccc3C4(C)C)cc21. The van der Waals surface area contributed by atoms with Crippen molar-refractivity contribution >= 4 is 49.6 Å². The molecular formula is C58H44N2. The van der Waals surface area contributed by atoms with Gasteiger partial charge in [0, 0.05) is 44.2 Å². The fourth-order valence-corrected chi connectivity index (χ4v) is 10.8. The van der Waals surface area contributed by atoms with E-state index in [-0.39, 0.29) is 10.8 Å². The van der Waals surface area contributed by atoms with E-state index in [1.165, 1.54) is 93.9 Å². The molecule has 0 saturated carbocycles. The van der Waals surface area contributed by atoms with E-state index < -0.39 is 0 Å². The average molecular weight is 769 g/mol. The third-order valence-electron chi connectivity index (χ3n) is 13.8. The highest BCUT2D eigenvalue weighted by Crippen LogP contribution is 2.56. The van der Waals surface area contributed by atoms with Gasteiger partial charge in [0.15, 0.2) is 0 Å². The van der Waals surface area contributed by atoms with Crippen molar-refractivity contribution in [1.29, 1.82) is 0 Å². The lowest BCUT2D eigenvalue weighted by Gasteiger charge is -2.30. The van der Waals surface area contributed by atoms with Crippen LogP contribution in [0.2, 0.25) is 0 Å². The summed E-state index contributed by atoms with van der Waals surface area (Å²) in [6, 6.07) is 72.4. The lowest BCUT2D eigenvalue weighted by Crippen LogP contribution is -2.17. The second kappa shape index (κ2) is 12.7. The molecule has 1 heterocycles. The van der Waals surface area contributed by atoms with Crippen LogP contribution in [0.4, 0.5) is 17.1 Å². The Bertz CT molecular complexity index is 3320. The molecule has 60 heavy (non-hydrogen) atoms. The molecule has 1 aromatic heterocycles. The van der Waals surface area contributed by atoms with E-state index >= 15 is 0 Å². The highest BCUT2D eigenvalue weighted by molar-refractivity contribution is 6.10. The van der Waals surface area contributed by atoms with E-state index in [1.54, 1.807) is 0 Å². The Hall–Kier alpha value is -7.16. The predicted molar refractivity (Wildman–Crippen MR) is 254 cm³/mol. The van der Waals surface area contributed by atoms with E-state index in [2.05, 4.69) is 231 Å². The molecule has 0 spiro atoms. The monoisotopic (exact) mass is 768 g/mol. The van der Waals surface area contributed by atoms with E-state index in [1.807, 2.05) is 0 Å². The van der Waals surface area contributed by atoms with Crippen molar-refractivity contribution in [3.63, 3.8) is 0 Å². The molecule has 10 aromatic rings. The van der Waals surface area contributed by atoms with Gasteiger partial charge in [0.05, 0.1) is 16.7 Å². The van der Waals surface area contributed by atoms with Gasteiger partial charge in [-0.2, -0.15) is 0 Å². The van der Waals surface area contributed by atoms with E-state index in [9.17, 15) is 0 Å². The first-order valence-electron chi connectivity index (χ1n) is 21.2. The fraction of sp³-hybridized carbons (Fsp3) is 0.103. The molecule has 0 aliphatic heterocycles. The molecule has 0 saturated heterocycles. The normalized spacial score (nSPS) is 14.3. The van der Waals surface area contributed by atoms with E-state index in [0.29, 0.717) is 0 Å². The fourth-order valence-electron chi connectivity index (χ4n) is 10.8. The molecule has 2 nitrogen and oxygen atoms in total. The van der Waals surface area contributed by atoms with Gasteiger partial charge in [-0.3, -0.25) is 0 Å². The summed E-state index contributed by atoms with van der Waals surface area (Å²) in [7, 11) is 0. The van der Waals surface area contributed by atoms with Crippen LogP contribution in [-0.4, -0.2) is 4.57 Å². The number of anilines is 3. The minimum Gasteiger partial charge on any atom is -0.310 e. The van der Waals surface area contributed by atoms with Gasteiger partial charge in [-0.15, -0.1) is 0 Å². The zero-order valence-electron chi connectivity index (χ0n) is 34.4. The Kier molecular flexibility index (Phi) is 7.36. The first-order chi connectivity index (χ1) is 29.3. The van der Waals surface area contributed by atoms with Crippen molar-refractivity contribution in [2.45, 2.75) is 38.5 Å². The molecule has 0 atom stereocenters. The van der Waals surface area contributed by atoms with Crippen molar-refractivity contribution in [2.24, 2.45) is 0 Å². The molecule has 0 N–H and O–H groups in total. The number of para-hydroxylation sites is 2. The summed E-state index contributed by atoms with van der Waals surface area (Å²) in [6.07, 6.45) is 0. The molecule has 9 aromatic carbocycles. The number of nitrogens with zero attached hydrogens (tertiary/aromatic N) is 2. The molecule has 0 radical (unpaired) electrons. The maximum Gasteiger partial charge on any atom is 0.0543 e. The van der Waals surface area contributed by atoms with Crippen molar-refractivity contribution in [3.05, 3.63) is 216 Å². The summed E-state index contributed by atoms with van der Waals surface area (Å²) in [4.78, 5) is 2.51. The van der Waals surface area contributed by atoms with Crippen molar-refractivity contribution in [1.82, 2.24) is 4.57 Å². The second-order valence-corrected chi connectivity index (χ2v) is 17.7.